The molecule has 2 rings (SSSR count). The minimum Gasteiger partial charge on any atom is -0.507 e. The van der Waals surface area contributed by atoms with E-state index >= 15 is 0 Å². The highest BCUT2D eigenvalue weighted by Crippen LogP contribution is 2.18. The van der Waals surface area contributed by atoms with Crippen molar-refractivity contribution >= 4 is 11.6 Å². The van der Waals surface area contributed by atoms with Gasteiger partial charge in [-0.2, -0.15) is 5.10 Å². The Labute approximate surface area is 130 Å². The van der Waals surface area contributed by atoms with Gasteiger partial charge in [-0.3, -0.25) is 4.79 Å². The van der Waals surface area contributed by atoms with Gasteiger partial charge in [-0.05, 0) is 55.7 Å². The van der Waals surface area contributed by atoms with Crippen molar-refractivity contribution in [3.8, 4) is 5.75 Å². The number of nitrogens with one attached hydrogen (secondary N) is 1. The Kier molecular flexibility index (Phi) is 4.94. The van der Waals surface area contributed by atoms with Crippen LogP contribution in [0.4, 0.5) is 0 Å². The first-order valence-electron chi connectivity index (χ1n) is 7.25. The van der Waals surface area contributed by atoms with E-state index in [1.54, 1.807) is 24.3 Å². The van der Waals surface area contributed by atoms with Gasteiger partial charge in [0.1, 0.15) is 5.75 Å². The molecule has 114 valence electrons. The molecule has 2 N–H and O–H groups in total. The summed E-state index contributed by atoms with van der Waals surface area (Å²) in [7, 11) is 0. The lowest BCUT2D eigenvalue weighted by molar-refractivity contribution is 0.0954. The SMILES string of the molecule is CC/C(=N\NC(=O)c1ccc(C)c(C)c1)c1ccccc1O. The predicted octanol–water partition coefficient (Wildman–Crippen LogP) is 3.55. The molecule has 4 nitrogen and oxygen atoms in total. The number of benzene rings is 2. The lowest BCUT2D eigenvalue weighted by Gasteiger charge is -2.08. The summed E-state index contributed by atoms with van der Waals surface area (Å²) in [4.78, 5) is 12.2. The normalized spacial score (nSPS) is 11.3. The Bertz CT molecular complexity index is 721. The third-order valence-corrected chi connectivity index (χ3v) is 3.61. The van der Waals surface area contributed by atoms with Crippen LogP contribution in [0.1, 0.15) is 40.4 Å². The number of hydrazone groups is 1. The van der Waals surface area contributed by atoms with Crippen LogP contribution >= 0.6 is 0 Å². The van der Waals surface area contributed by atoms with Crippen molar-refractivity contribution in [1.82, 2.24) is 5.43 Å². The van der Waals surface area contributed by atoms with Crippen molar-refractivity contribution in [3.63, 3.8) is 0 Å². The molecule has 0 aromatic heterocycles. The molecular weight excluding hydrogens is 276 g/mol. The van der Waals surface area contributed by atoms with Crippen LogP contribution in [-0.4, -0.2) is 16.7 Å². The van der Waals surface area contributed by atoms with Gasteiger partial charge in [0.05, 0.1) is 5.71 Å². The fourth-order valence-electron chi connectivity index (χ4n) is 2.11. The number of carbonyl (C=O) groups is 1. The van der Waals surface area contributed by atoms with Gasteiger partial charge in [-0.15, -0.1) is 0 Å². The maximum absolute atomic E-state index is 12.2. The van der Waals surface area contributed by atoms with E-state index in [1.165, 1.54) is 0 Å². The summed E-state index contributed by atoms with van der Waals surface area (Å²) in [5, 5.41) is 14.0. The quantitative estimate of drug-likeness (QED) is 0.669. The summed E-state index contributed by atoms with van der Waals surface area (Å²) < 4.78 is 0. The highest BCUT2D eigenvalue weighted by Gasteiger charge is 2.09. The van der Waals surface area contributed by atoms with Gasteiger partial charge in [0, 0.05) is 11.1 Å². The van der Waals surface area contributed by atoms with Crippen molar-refractivity contribution < 1.29 is 9.90 Å². The summed E-state index contributed by atoms with van der Waals surface area (Å²) in [6.45, 7) is 5.89. The summed E-state index contributed by atoms with van der Waals surface area (Å²) in [6.07, 6.45) is 0.602. The van der Waals surface area contributed by atoms with Crippen LogP contribution in [0.2, 0.25) is 0 Å². The second-order valence-corrected chi connectivity index (χ2v) is 5.17. The molecule has 1 amide bonds. The zero-order valence-corrected chi connectivity index (χ0v) is 13.1. The van der Waals surface area contributed by atoms with Gasteiger partial charge >= 0.3 is 0 Å². The zero-order chi connectivity index (χ0) is 16.1. The summed E-state index contributed by atoms with van der Waals surface area (Å²) in [5.74, 6) is -0.104. The molecule has 2 aromatic rings. The molecule has 0 unspecified atom stereocenters. The van der Waals surface area contributed by atoms with Crippen molar-refractivity contribution in [3.05, 3.63) is 64.7 Å². The molecular formula is C18H20N2O2. The smallest absolute Gasteiger partial charge is 0.271 e. The van der Waals surface area contributed by atoms with Gasteiger partial charge < -0.3 is 5.11 Å². The largest absolute Gasteiger partial charge is 0.507 e. The molecule has 0 saturated carbocycles. The number of aryl methyl sites for hydroxylation is 2. The third kappa shape index (κ3) is 3.52. The number of hydrogen-bond donors (Lipinski definition) is 2. The predicted molar refractivity (Wildman–Crippen MR) is 88.3 cm³/mol. The highest BCUT2D eigenvalue weighted by molar-refractivity contribution is 6.03. The minimum atomic E-state index is -0.260. The summed E-state index contributed by atoms with van der Waals surface area (Å²) >= 11 is 0. The minimum absolute atomic E-state index is 0.156. The Morgan fingerprint density at radius 3 is 2.50 bits per heavy atom. The number of nitrogens with zero attached hydrogens (tertiary/aromatic N) is 1. The molecule has 0 radical (unpaired) electrons. The second-order valence-electron chi connectivity index (χ2n) is 5.17. The first kappa shape index (κ1) is 15.8. The summed E-state index contributed by atoms with van der Waals surface area (Å²) in [5.41, 5.74) is 6.60. The van der Waals surface area contributed by atoms with E-state index in [1.807, 2.05) is 39.0 Å². The van der Waals surface area contributed by atoms with E-state index in [2.05, 4.69) is 10.5 Å². The lowest BCUT2D eigenvalue weighted by Crippen LogP contribution is -2.20. The molecule has 22 heavy (non-hydrogen) atoms. The molecule has 0 heterocycles. The molecule has 0 atom stereocenters. The van der Waals surface area contributed by atoms with Crippen LogP contribution in [0.25, 0.3) is 0 Å². The zero-order valence-electron chi connectivity index (χ0n) is 13.1. The van der Waals surface area contributed by atoms with Crippen LogP contribution in [0.5, 0.6) is 5.75 Å². The van der Waals surface area contributed by atoms with Crippen LogP contribution < -0.4 is 5.43 Å². The van der Waals surface area contributed by atoms with Crippen molar-refractivity contribution in [2.24, 2.45) is 5.10 Å². The Morgan fingerprint density at radius 1 is 1.14 bits per heavy atom. The van der Waals surface area contributed by atoms with Gasteiger partial charge in [0.2, 0.25) is 0 Å². The number of amides is 1. The molecule has 4 heteroatoms. The molecule has 2 aromatic carbocycles. The van der Waals surface area contributed by atoms with E-state index in [4.69, 9.17) is 0 Å². The molecule has 0 bridgehead atoms. The average Bonchev–Trinajstić information content (AvgIpc) is 2.52. The Hall–Kier alpha value is -2.62. The number of para-hydroxylation sites is 1. The van der Waals surface area contributed by atoms with E-state index in [9.17, 15) is 9.90 Å². The summed E-state index contributed by atoms with van der Waals surface area (Å²) in [6, 6.07) is 12.5. The number of rotatable bonds is 4. The number of hydrogen-bond acceptors (Lipinski definition) is 3. The molecule has 0 saturated heterocycles. The van der Waals surface area contributed by atoms with E-state index < -0.39 is 0 Å². The topological polar surface area (TPSA) is 61.7 Å². The van der Waals surface area contributed by atoms with Crippen LogP contribution in [0.3, 0.4) is 0 Å². The van der Waals surface area contributed by atoms with Crippen LogP contribution in [-0.2, 0) is 0 Å². The average molecular weight is 296 g/mol. The van der Waals surface area contributed by atoms with E-state index in [-0.39, 0.29) is 11.7 Å². The Morgan fingerprint density at radius 2 is 1.86 bits per heavy atom. The number of aromatic hydroxyl groups is 1. The maximum atomic E-state index is 12.2. The molecule has 0 spiro atoms. The number of phenolic OH excluding ortho intramolecular Hbond substituents is 1. The van der Waals surface area contributed by atoms with Gasteiger partial charge in [-0.1, -0.05) is 25.1 Å². The molecule has 0 fully saturated rings. The van der Waals surface area contributed by atoms with Gasteiger partial charge in [-0.25, -0.2) is 5.43 Å². The van der Waals surface area contributed by atoms with Crippen molar-refractivity contribution in [2.45, 2.75) is 27.2 Å². The van der Waals surface area contributed by atoms with Crippen molar-refractivity contribution in [1.29, 1.82) is 0 Å². The fraction of sp³-hybridized carbons (Fsp3) is 0.222. The van der Waals surface area contributed by atoms with E-state index in [0.29, 0.717) is 23.3 Å². The molecule has 0 aliphatic rings. The van der Waals surface area contributed by atoms with Gasteiger partial charge in [0.15, 0.2) is 0 Å². The monoisotopic (exact) mass is 296 g/mol. The fourth-order valence-corrected chi connectivity index (χ4v) is 2.11. The highest BCUT2D eigenvalue weighted by atomic mass is 16.3. The molecule has 0 aliphatic carbocycles. The number of phenols is 1. The third-order valence-electron chi connectivity index (χ3n) is 3.61. The van der Waals surface area contributed by atoms with E-state index in [0.717, 1.165) is 11.1 Å². The Balaban J connectivity index is 2.20. The second kappa shape index (κ2) is 6.89. The van der Waals surface area contributed by atoms with Crippen molar-refractivity contribution in [2.75, 3.05) is 0 Å². The molecule has 0 aliphatic heterocycles. The first-order chi connectivity index (χ1) is 10.5. The lowest BCUT2D eigenvalue weighted by atomic mass is 10.1. The standard InChI is InChI=1S/C18H20N2O2/c1-4-16(15-7-5-6-8-17(15)21)19-20-18(22)14-10-9-12(2)13(3)11-14/h5-11,21H,4H2,1-3H3,(H,20,22)/b19-16+. The van der Waals surface area contributed by atoms with Crippen LogP contribution in [0, 0.1) is 13.8 Å². The number of carbonyl (C=O) groups excluding carboxylic acids is 1. The maximum Gasteiger partial charge on any atom is 0.271 e. The van der Waals surface area contributed by atoms with Crippen LogP contribution in [0.15, 0.2) is 47.6 Å². The first-order valence-corrected chi connectivity index (χ1v) is 7.25. The van der Waals surface area contributed by atoms with Gasteiger partial charge in [0.25, 0.3) is 5.91 Å².